The largest absolute Gasteiger partial charge is 0.444 e. The van der Waals surface area contributed by atoms with Crippen molar-refractivity contribution in [2.75, 3.05) is 34.3 Å². The van der Waals surface area contributed by atoms with Crippen molar-refractivity contribution >= 4 is 53.5 Å². The number of carbonyl (C=O) groups excluding carboxylic acids is 9. The van der Waals surface area contributed by atoms with Gasteiger partial charge in [0.1, 0.15) is 41.1 Å². The highest BCUT2D eigenvalue weighted by Gasteiger charge is 2.50. The molecule has 0 spiro atoms. The third-order valence-corrected chi connectivity index (χ3v) is 18.3. The van der Waals surface area contributed by atoms with E-state index in [9.17, 15) is 33.6 Å². The number of nitrogens with one attached hydrogen (secondary N) is 6. The molecule has 7 rings (SSSR count). The maximum Gasteiger partial charge on any atom is 0.410 e. The Labute approximate surface area is 544 Å². The van der Waals surface area contributed by atoms with Crippen LogP contribution in [0.15, 0.2) is 72.8 Å². The van der Waals surface area contributed by atoms with Gasteiger partial charge in [0.25, 0.3) is 11.8 Å². The molecule has 22 nitrogen and oxygen atoms in total. The molecule has 0 radical (unpaired) electrons. The molecule has 0 bridgehead atoms. The Bertz CT molecular complexity index is 3220. The smallest absolute Gasteiger partial charge is 0.410 e. The molecule has 1 unspecified atom stereocenters. The highest BCUT2D eigenvalue weighted by Crippen LogP contribution is 2.35. The van der Waals surface area contributed by atoms with E-state index >= 15 is 9.59 Å². The summed E-state index contributed by atoms with van der Waals surface area (Å²) in [6, 6.07) is 13.9. The second-order valence-corrected chi connectivity index (χ2v) is 29.8. The summed E-state index contributed by atoms with van der Waals surface area (Å²) in [7, 11) is 4.52. The molecule has 22 heteroatoms. The van der Waals surface area contributed by atoms with Gasteiger partial charge < -0.3 is 55.5 Å². The van der Waals surface area contributed by atoms with Crippen LogP contribution in [0.2, 0.25) is 0 Å². The van der Waals surface area contributed by atoms with E-state index in [1.807, 2.05) is 63.2 Å². The van der Waals surface area contributed by atoms with Gasteiger partial charge in [0.15, 0.2) is 0 Å². The summed E-state index contributed by atoms with van der Waals surface area (Å²) in [6.45, 7) is 26.4. The first kappa shape index (κ1) is 71.8. The molecule has 3 aromatic carbocycles. The number of likely N-dealkylation sites (N-methyl/N-ethyl adjacent to an activating group) is 2. The van der Waals surface area contributed by atoms with Gasteiger partial charge in [-0.1, -0.05) is 96.1 Å². The van der Waals surface area contributed by atoms with Gasteiger partial charge in [-0.3, -0.25) is 43.8 Å². The van der Waals surface area contributed by atoms with Crippen LogP contribution in [-0.2, 0) is 51.0 Å². The topological polar surface area (TPSA) is 266 Å². The van der Waals surface area contributed by atoms with Gasteiger partial charge in [-0.25, -0.2) is 9.59 Å². The molecule has 6 N–H and O–H groups in total. The second kappa shape index (κ2) is 28.7. The highest BCUT2D eigenvalue weighted by molar-refractivity contribution is 6.01. The Balaban J connectivity index is 1.12. The number of ether oxygens (including phenoxy) is 3. The van der Waals surface area contributed by atoms with E-state index in [1.165, 1.54) is 41.8 Å². The van der Waals surface area contributed by atoms with Gasteiger partial charge in [-0.15, -0.1) is 0 Å². The average Bonchev–Trinajstić information content (AvgIpc) is 1.52. The van der Waals surface area contributed by atoms with Crippen LogP contribution in [0.5, 0.6) is 0 Å². The van der Waals surface area contributed by atoms with Gasteiger partial charge in [0.05, 0.1) is 24.2 Å². The molecule has 0 saturated carbocycles. The van der Waals surface area contributed by atoms with Crippen molar-refractivity contribution < 1.29 is 57.4 Å². The summed E-state index contributed by atoms with van der Waals surface area (Å²) in [4.78, 5) is 135. The van der Waals surface area contributed by atoms with Crippen molar-refractivity contribution in [2.24, 2.45) is 10.8 Å². The van der Waals surface area contributed by atoms with Gasteiger partial charge in [0, 0.05) is 57.5 Å². The standard InChI is InChI=1S/C70H102N10O12/c1-41(77(16)64(88)91-68(9,10)11)57(81)75-55(66(3,4)5)62(86)79-39-47(37-53(79)60(84)73-51-34-24-28-43-26-19-21-32-49(43)51)71-58(82)45-30-23-31-46(36-45)59(83)72-48-38-54(61(85)74-52-35-25-29-44-27-20-22-33-50(44)52)80(40-48)63(87)56(67(6,7)8)76-70(15,90-18)42(2)78(17)65(89)92-69(12,13)14/h19-23,26-27,30-33,36,41-42,47-48,51-56,76H,24-25,28-29,34-35,37-40H2,1-18H3,(H,71,82)(H,72,83)(H,73,84)(H,74,85)(H,75,81)/t41-,42-,47-,48-,51+,52+,53-,54-,55+,56+,70?/m0/s1. The van der Waals surface area contributed by atoms with Crippen LogP contribution in [-0.4, -0.2) is 173 Å². The van der Waals surface area contributed by atoms with Crippen LogP contribution in [0.1, 0.15) is 197 Å². The minimum atomic E-state index is -1.32. The van der Waals surface area contributed by atoms with E-state index in [0.29, 0.717) is 12.8 Å². The van der Waals surface area contributed by atoms with Crippen molar-refractivity contribution in [3.63, 3.8) is 0 Å². The molecule has 0 aromatic heterocycles. The fraction of sp³-hybridized carbons (Fsp3) is 0.614. The molecule has 2 heterocycles. The third kappa shape index (κ3) is 17.6. The summed E-state index contributed by atoms with van der Waals surface area (Å²) < 4.78 is 17.3. The van der Waals surface area contributed by atoms with Crippen LogP contribution in [0.4, 0.5) is 9.59 Å². The number of hydrogen-bond donors (Lipinski definition) is 6. The zero-order valence-electron chi connectivity index (χ0n) is 57.5. The number of methoxy groups -OCH3 is 1. The Morgan fingerprint density at radius 1 is 0.543 bits per heavy atom. The quantitative estimate of drug-likeness (QED) is 0.0663. The Morgan fingerprint density at radius 2 is 0.957 bits per heavy atom. The van der Waals surface area contributed by atoms with E-state index in [-0.39, 0.29) is 55.0 Å². The van der Waals surface area contributed by atoms with Gasteiger partial charge >= 0.3 is 12.2 Å². The molecular formula is C70H102N10O12. The molecule has 3 aromatic rings. The molecular weight excluding hydrogens is 1170 g/mol. The normalized spacial score (nSPS) is 21.9. The highest BCUT2D eigenvalue weighted by atomic mass is 16.6. The van der Waals surface area contributed by atoms with Gasteiger partial charge in [0.2, 0.25) is 29.5 Å². The van der Waals surface area contributed by atoms with Crippen LogP contribution in [0.3, 0.4) is 0 Å². The number of benzene rings is 3. The summed E-state index contributed by atoms with van der Waals surface area (Å²) in [5, 5.41) is 18.9. The van der Waals surface area contributed by atoms with Crippen molar-refractivity contribution in [3.8, 4) is 0 Å². The zero-order valence-corrected chi connectivity index (χ0v) is 57.5. The van der Waals surface area contributed by atoms with E-state index < -0.39 is 124 Å². The summed E-state index contributed by atoms with van der Waals surface area (Å²) in [5.41, 5.74) is -0.0851. The van der Waals surface area contributed by atoms with Gasteiger partial charge in [-0.2, -0.15) is 0 Å². The molecule has 9 amide bonds. The molecule has 2 aliphatic carbocycles. The Hall–Kier alpha value is -7.59. The molecule has 11 atom stereocenters. The zero-order chi connectivity index (χ0) is 68.2. The average molecular weight is 1280 g/mol. The fourth-order valence-electron chi connectivity index (χ4n) is 12.6. The Kier molecular flexibility index (Phi) is 22.4. The lowest BCUT2D eigenvalue weighted by atomic mass is 9.84. The third-order valence-electron chi connectivity index (χ3n) is 18.3. The van der Waals surface area contributed by atoms with Crippen LogP contribution in [0, 0.1) is 10.8 Å². The predicted molar refractivity (Wildman–Crippen MR) is 350 cm³/mol. The van der Waals surface area contributed by atoms with E-state index in [1.54, 1.807) is 101 Å². The number of nitrogens with zero attached hydrogens (tertiary/aromatic N) is 4. The van der Waals surface area contributed by atoms with Crippen LogP contribution < -0.4 is 31.9 Å². The lowest BCUT2D eigenvalue weighted by Gasteiger charge is -2.45. The number of hydrogen-bond acceptors (Lipinski definition) is 13. The second-order valence-electron chi connectivity index (χ2n) is 29.8. The molecule has 92 heavy (non-hydrogen) atoms. The van der Waals surface area contributed by atoms with Gasteiger partial charge in [-0.05, 0) is 165 Å². The summed E-state index contributed by atoms with van der Waals surface area (Å²) in [6.07, 6.45) is 3.61. The lowest BCUT2D eigenvalue weighted by molar-refractivity contribution is -0.148. The number of rotatable bonds is 18. The maximum absolute atomic E-state index is 15.4. The molecule has 2 aliphatic heterocycles. The SMILES string of the molecule is COC(C)(N[C@H](C(=O)N1C[C@@H](NC(=O)c2cccc(C(=O)N[C@H]3C[C@@H](C(=O)N[C@@H]4CCCc5ccccc54)N(C(=O)[C@@H](NC(=O)[C@H](C)N(C)C(=O)OC(C)(C)C)C(C)(C)C)C3)c2)C[C@H]1C(=O)N[C@@H]1CCCc2ccccc21)C(C)(C)C)[C@H](C)N(C)C(=O)OC(C)(C)C. The number of likely N-dealkylation sites (tertiary alicyclic amines) is 2. The maximum atomic E-state index is 15.4. The number of aryl methyl sites for hydroxylation is 2. The molecule has 504 valence electrons. The molecule has 4 aliphatic rings. The van der Waals surface area contributed by atoms with Crippen molar-refractivity contribution in [2.45, 2.75) is 233 Å². The summed E-state index contributed by atoms with van der Waals surface area (Å²) in [5.74, 6) is -3.53. The van der Waals surface area contributed by atoms with Crippen molar-refractivity contribution in [3.05, 3.63) is 106 Å². The van der Waals surface area contributed by atoms with Crippen LogP contribution in [0.25, 0.3) is 0 Å². The lowest BCUT2D eigenvalue weighted by Crippen LogP contribution is -2.67. The predicted octanol–water partition coefficient (Wildman–Crippen LogP) is 7.88. The van der Waals surface area contributed by atoms with E-state index in [4.69, 9.17) is 14.2 Å². The molecule has 2 fully saturated rings. The summed E-state index contributed by atoms with van der Waals surface area (Å²) >= 11 is 0. The molecule has 2 saturated heterocycles. The minimum Gasteiger partial charge on any atom is -0.444 e. The first-order valence-electron chi connectivity index (χ1n) is 32.4. The van der Waals surface area contributed by atoms with Crippen LogP contribution >= 0.6 is 0 Å². The first-order valence-corrected chi connectivity index (χ1v) is 32.4. The Morgan fingerprint density at radius 3 is 1.37 bits per heavy atom. The van der Waals surface area contributed by atoms with Crippen molar-refractivity contribution in [1.82, 2.24) is 51.5 Å². The minimum absolute atomic E-state index is 0.0256. The van der Waals surface area contributed by atoms with E-state index in [0.717, 1.165) is 52.8 Å². The fourth-order valence-corrected chi connectivity index (χ4v) is 12.6. The number of carbonyl (C=O) groups is 9. The first-order chi connectivity index (χ1) is 42.8. The number of fused-ring (bicyclic) bond motifs is 2. The monoisotopic (exact) mass is 1270 g/mol. The van der Waals surface area contributed by atoms with Crippen molar-refractivity contribution in [1.29, 1.82) is 0 Å². The van der Waals surface area contributed by atoms with E-state index in [2.05, 4.69) is 38.0 Å². The number of amides is 9.